The normalized spacial score (nSPS) is 24.0. The summed E-state index contributed by atoms with van der Waals surface area (Å²) in [5, 5.41) is 5.62. The number of hydrogen-bond acceptors (Lipinski definition) is 3. The SMILES string of the molecule is O=[C]N[C@H]1CCCCN(CC2=CC=CNC2)C1=O. The van der Waals surface area contributed by atoms with E-state index in [9.17, 15) is 9.59 Å². The topological polar surface area (TPSA) is 61.4 Å². The van der Waals surface area contributed by atoms with Crippen LogP contribution in [0.4, 0.5) is 0 Å². The summed E-state index contributed by atoms with van der Waals surface area (Å²) in [5.41, 5.74) is 1.18. The Kier molecular flexibility index (Phi) is 4.39. The lowest BCUT2D eigenvalue weighted by Gasteiger charge is -2.25. The molecule has 97 valence electrons. The molecule has 2 rings (SSSR count). The van der Waals surface area contributed by atoms with Gasteiger partial charge in [0.15, 0.2) is 0 Å². The van der Waals surface area contributed by atoms with E-state index >= 15 is 0 Å². The maximum Gasteiger partial charge on any atom is 0.309 e. The molecule has 1 atom stereocenters. The van der Waals surface area contributed by atoms with Gasteiger partial charge in [-0.15, -0.1) is 0 Å². The van der Waals surface area contributed by atoms with Crippen molar-refractivity contribution in [3.8, 4) is 0 Å². The molecular formula is C13H18N3O2. The van der Waals surface area contributed by atoms with Gasteiger partial charge in [0.1, 0.15) is 6.04 Å². The first-order valence-corrected chi connectivity index (χ1v) is 6.30. The fourth-order valence-electron chi connectivity index (χ4n) is 2.32. The van der Waals surface area contributed by atoms with Crippen LogP contribution in [0.25, 0.3) is 0 Å². The summed E-state index contributed by atoms with van der Waals surface area (Å²) in [6, 6.07) is -0.405. The van der Waals surface area contributed by atoms with E-state index in [0.717, 1.165) is 25.9 Å². The van der Waals surface area contributed by atoms with Gasteiger partial charge in [-0.2, -0.15) is 0 Å². The maximum absolute atomic E-state index is 12.2. The first-order valence-electron chi connectivity index (χ1n) is 6.30. The molecule has 5 nitrogen and oxygen atoms in total. The van der Waals surface area contributed by atoms with E-state index in [2.05, 4.69) is 10.6 Å². The first-order chi connectivity index (χ1) is 8.81. The Balaban J connectivity index is 2.00. The van der Waals surface area contributed by atoms with Crippen LogP contribution in [0.15, 0.2) is 23.9 Å². The second-order valence-corrected chi connectivity index (χ2v) is 4.62. The zero-order valence-corrected chi connectivity index (χ0v) is 10.3. The molecule has 0 spiro atoms. The number of amides is 2. The van der Waals surface area contributed by atoms with Crippen LogP contribution in [0.1, 0.15) is 19.3 Å². The zero-order valence-electron chi connectivity index (χ0n) is 10.3. The van der Waals surface area contributed by atoms with Crippen LogP contribution in [-0.4, -0.2) is 42.9 Å². The Morgan fingerprint density at radius 2 is 2.39 bits per heavy atom. The van der Waals surface area contributed by atoms with Crippen molar-refractivity contribution < 1.29 is 9.59 Å². The standard InChI is InChI=1S/C13H18N3O2/c17-10-15-12-5-1-2-7-16(13(12)18)9-11-4-3-6-14-8-11/h3-4,6,12,14H,1-2,5,7-9H2,(H,15,17)/t12-/m0/s1. The highest BCUT2D eigenvalue weighted by Gasteiger charge is 2.26. The summed E-state index contributed by atoms with van der Waals surface area (Å²) in [4.78, 5) is 24.4. The number of carbonyl (C=O) groups excluding carboxylic acids is 2. The quantitative estimate of drug-likeness (QED) is 0.692. The van der Waals surface area contributed by atoms with Crippen molar-refractivity contribution >= 4 is 12.3 Å². The summed E-state index contributed by atoms with van der Waals surface area (Å²) in [5.74, 6) is 0.00584. The molecule has 2 heterocycles. The van der Waals surface area contributed by atoms with Crippen LogP contribution < -0.4 is 10.6 Å². The zero-order chi connectivity index (χ0) is 12.8. The highest BCUT2D eigenvalue weighted by molar-refractivity contribution is 5.84. The number of dihydropyridines is 1. The highest BCUT2D eigenvalue weighted by Crippen LogP contribution is 2.14. The molecule has 0 aliphatic carbocycles. The number of allylic oxidation sites excluding steroid dienone is 2. The van der Waals surface area contributed by atoms with Gasteiger partial charge in [-0.3, -0.25) is 9.59 Å². The number of carbonyl (C=O) groups is 1. The Hall–Kier alpha value is -1.78. The van der Waals surface area contributed by atoms with Crippen molar-refractivity contribution in [2.45, 2.75) is 25.3 Å². The van der Waals surface area contributed by atoms with Gasteiger partial charge >= 0.3 is 6.41 Å². The molecule has 2 amide bonds. The van der Waals surface area contributed by atoms with E-state index in [1.165, 1.54) is 5.57 Å². The van der Waals surface area contributed by atoms with E-state index in [1.54, 1.807) is 6.41 Å². The fraction of sp³-hybridized carbons (Fsp3) is 0.538. The maximum atomic E-state index is 12.2. The molecule has 5 heteroatoms. The summed E-state index contributed by atoms with van der Waals surface area (Å²) in [7, 11) is 0. The number of rotatable bonds is 4. The molecule has 0 bridgehead atoms. The first kappa shape index (κ1) is 12.7. The molecule has 18 heavy (non-hydrogen) atoms. The van der Waals surface area contributed by atoms with Crippen molar-refractivity contribution in [3.63, 3.8) is 0 Å². The average Bonchev–Trinajstić information content (AvgIpc) is 2.56. The number of nitrogens with zero attached hydrogens (tertiary/aromatic N) is 1. The van der Waals surface area contributed by atoms with Gasteiger partial charge in [-0.1, -0.05) is 6.08 Å². The average molecular weight is 248 g/mol. The van der Waals surface area contributed by atoms with Gasteiger partial charge < -0.3 is 15.5 Å². The predicted octanol–water partition coefficient (Wildman–Crippen LogP) is 0.0676. The summed E-state index contributed by atoms with van der Waals surface area (Å²) < 4.78 is 0. The molecular weight excluding hydrogens is 230 g/mol. The minimum Gasteiger partial charge on any atom is -0.387 e. The monoisotopic (exact) mass is 248 g/mol. The van der Waals surface area contributed by atoms with Crippen LogP contribution in [0, 0.1) is 0 Å². The van der Waals surface area contributed by atoms with Crippen molar-refractivity contribution in [2.75, 3.05) is 19.6 Å². The second kappa shape index (κ2) is 6.23. The van der Waals surface area contributed by atoms with E-state index in [-0.39, 0.29) is 5.91 Å². The largest absolute Gasteiger partial charge is 0.387 e. The molecule has 0 aromatic heterocycles. The number of nitrogens with one attached hydrogen (secondary N) is 2. The molecule has 2 N–H and O–H groups in total. The molecule has 2 aliphatic heterocycles. The van der Waals surface area contributed by atoms with Gasteiger partial charge in [-0.05, 0) is 37.1 Å². The lowest BCUT2D eigenvalue weighted by Crippen LogP contribution is -2.46. The third-order valence-electron chi connectivity index (χ3n) is 3.28. The summed E-state index contributed by atoms with van der Waals surface area (Å²) >= 11 is 0. The van der Waals surface area contributed by atoms with Crippen LogP contribution in [0.2, 0.25) is 0 Å². The number of hydrogen-bond donors (Lipinski definition) is 2. The molecule has 1 radical (unpaired) electrons. The van der Waals surface area contributed by atoms with Crippen molar-refractivity contribution in [2.24, 2.45) is 0 Å². The second-order valence-electron chi connectivity index (χ2n) is 4.62. The third kappa shape index (κ3) is 3.12. The lowest BCUT2D eigenvalue weighted by molar-refractivity contribution is -0.132. The van der Waals surface area contributed by atoms with Crippen molar-refractivity contribution in [1.29, 1.82) is 0 Å². The Morgan fingerprint density at radius 3 is 3.11 bits per heavy atom. The third-order valence-corrected chi connectivity index (χ3v) is 3.28. The van der Waals surface area contributed by atoms with E-state index in [4.69, 9.17) is 0 Å². The van der Waals surface area contributed by atoms with E-state index in [1.807, 2.05) is 23.3 Å². The van der Waals surface area contributed by atoms with Crippen LogP contribution in [-0.2, 0) is 9.59 Å². The van der Waals surface area contributed by atoms with E-state index in [0.29, 0.717) is 13.0 Å². The molecule has 2 aliphatic rings. The predicted molar refractivity (Wildman–Crippen MR) is 68.3 cm³/mol. The molecule has 0 saturated carbocycles. The summed E-state index contributed by atoms with van der Waals surface area (Å²) in [6.07, 6.45) is 10.1. The Bertz CT molecular complexity index is 376. The molecule has 0 unspecified atom stereocenters. The fourth-order valence-corrected chi connectivity index (χ4v) is 2.32. The van der Waals surface area contributed by atoms with Gasteiger partial charge in [0, 0.05) is 19.6 Å². The minimum atomic E-state index is -0.405. The van der Waals surface area contributed by atoms with Gasteiger partial charge in [0.05, 0.1) is 0 Å². The van der Waals surface area contributed by atoms with Crippen LogP contribution in [0.5, 0.6) is 0 Å². The molecule has 1 saturated heterocycles. The van der Waals surface area contributed by atoms with Crippen LogP contribution in [0.3, 0.4) is 0 Å². The van der Waals surface area contributed by atoms with Crippen molar-refractivity contribution in [3.05, 3.63) is 23.9 Å². The molecule has 0 aromatic carbocycles. The van der Waals surface area contributed by atoms with Crippen LogP contribution >= 0.6 is 0 Å². The lowest BCUT2D eigenvalue weighted by atomic mass is 10.1. The number of likely N-dealkylation sites (tertiary alicyclic amines) is 1. The highest BCUT2D eigenvalue weighted by atomic mass is 16.2. The summed E-state index contributed by atoms with van der Waals surface area (Å²) in [6.45, 7) is 2.17. The Morgan fingerprint density at radius 1 is 1.50 bits per heavy atom. The van der Waals surface area contributed by atoms with Crippen molar-refractivity contribution in [1.82, 2.24) is 15.5 Å². The smallest absolute Gasteiger partial charge is 0.309 e. The van der Waals surface area contributed by atoms with Gasteiger partial charge in [0.2, 0.25) is 5.91 Å². The minimum absolute atomic E-state index is 0.00584. The van der Waals surface area contributed by atoms with Gasteiger partial charge in [-0.25, -0.2) is 0 Å². The van der Waals surface area contributed by atoms with Gasteiger partial charge in [0.25, 0.3) is 0 Å². The molecule has 1 fully saturated rings. The molecule has 0 aromatic rings. The van der Waals surface area contributed by atoms with E-state index < -0.39 is 6.04 Å². The Labute approximate surface area is 107 Å².